The highest BCUT2D eigenvalue weighted by atomic mass is 16.2. The smallest absolute Gasteiger partial charge is 0.321 e. The number of hydrogen-bond acceptors (Lipinski definition) is 2. The van der Waals surface area contributed by atoms with Gasteiger partial charge in [0.2, 0.25) is 0 Å². The van der Waals surface area contributed by atoms with E-state index in [1.165, 1.54) is 38.5 Å². The first-order valence-electron chi connectivity index (χ1n) is 8.55. The molecule has 0 aromatic carbocycles. The Hall–Kier alpha value is -1.10. The van der Waals surface area contributed by atoms with E-state index in [1.54, 1.807) is 0 Å². The van der Waals surface area contributed by atoms with Gasteiger partial charge in [-0.2, -0.15) is 0 Å². The molecule has 0 heterocycles. The maximum Gasteiger partial charge on any atom is 0.321 e. The number of nitrogens with two attached hydrogens (primary N) is 1. The molecule has 0 atom stereocenters. The van der Waals surface area contributed by atoms with Crippen molar-refractivity contribution in [2.75, 3.05) is 6.54 Å². The van der Waals surface area contributed by atoms with Crippen molar-refractivity contribution in [3.8, 4) is 0 Å². The Labute approximate surface area is 125 Å². The van der Waals surface area contributed by atoms with Crippen LogP contribution < -0.4 is 16.0 Å². The fourth-order valence-electron chi connectivity index (χ4n) is 5.36. The van der Waals surface area contributed by atoms with Crippen molar-refractivity contribution in [3.05, 3.63) is 0 Å². The lowest BCUT2D eigenvalue weighted by molar-refractivity contribution is -0.730. The summed E-state index contributed by atoms with van der Waals surface area (Å²) in [6.07, 6.45) is 10.2. The van der Waals surface area contributed by atoms with Gasteiger partial charge in [0.15, 0.2) is 6.54 Å². The zero-order chi connectivity index (χ0) is 14.4. The quantitative estimate of drug-likeness (QED) is 0.706. The summed E-state index contributed by atoms with van der Waals surface area (Å²) < 4.78 is 0. The third kappa shape index (κ3) is 2.93. The number of carbonyl (C=O) groups excluding carboxylic acids is 2. The molecule has 4 N–H and O–H groups in total. The van der Waals surface area contributed by atoms with Gasteiger partial charge in [0, 0.05) is 25.3 Å². The zero-order valence-corrected chi connectivity index (χ0v) is 12.6. The van der Waals surface area contributed by atoms with Crippen LogP contribution in [0.2, 0.25) is 0 Å². The summed E-state index contributed by atoms with van der Waals surface area (Å²) in [6, 6.07) is -0.0219. The van der Waals surface area contributed by atoms with Crippen molar-refractivity contribution in [3.63, 3.8) is 0 Å². The maximum atomic E-state index is 11.9. The Bertz CT molecular complexity index is 423. The molecule has 5 aliphatic rings. The maximum absolute atomic E-state index is 11.9. The molecule has 5 saturated carbocycles. The number of amides is 3. The van der Waals surface area contributed by atoms with E-state index >= 15 is 0 Å². The average Bonchev–Trinajstić information content (AvgIpc) is 3.18. The van der Waals surface area contributed by atoms with Crippen LogP contribution in [0, 0.1) is 17.8 Å². The predicted molar refractivity (Wildman–Crippen MR) is 77.4 cm³/mol. The van der Waals surface area contributed by atoms with E-state index < -0.39 is 0 Å². The van der Waals surface area contributed by atoms with Gasteiger partial charge in [-0.05, 0) is 49.9 Å². The minimum atomic E-state index is -0.318. The van der Waals surface area contributed by atoms with Crippen molar-refractivity contribution >= 4 is 11.9 Å². The van der Waals surface area contributed by atoms with Crippen LogP contribution >= 0.6 is 0 Å². The van der Waals surface area contributed by atoms with Crippen LogP contribution in [-0.4, -0.2) is 30.1 Å². The summed E-state index contributed by atoms with van der Waals surface area (Å²) in [5.74, 6) is 2.54. The summed E-state index contributed by atoms with van der Waals surface area (Å²) in [7, 11) is 0. The van der Waals surface area contributed by atoms with Gasteiger partial charge in [0.05, 0.1) is 5.54 Å². The van der Waals surface area contributed by atoms with Gasteiger partial charge in [-0.25, -0.2) is 4.79 Å². The molecule has 0 aromatic rings. The SMILES string of the molecule is O=C(C[NH2+]C12CC3CC(CC(C3)C1)C2)NC(=O)NC1CC1. The van der Waals surface area contributed by atoms with Crippen LogP contribution in [0.3, 0.4) is 0 Å². The van der Waals surface area contributed by atoms with E-state index in [-0.39, 0.29) is 11.9 Å². The molecule has 5 aliphatic carbocycles. The molecule has 4 bridgehead atoms. The molecule has 0 saturated heterocycles. The lowest BCUT2D eigenvalue weighted by Gasteiger charge is -2.54. The molecule has 0 unspecified atom stereocenters. The number of hydrogen-bond donors (Lipinski definition) is 3. The highest BCUT2D eigenvalue weighted by molar-refractivity contribution is 5.94. The number of rotatable bonds is 4. The van der Waals surface area contributed by atoms with Gasteiger partial charge in [0.25, 0.3) is 5.91 Å². The van der Waals surface area contributed by atoms with E-state index in [0.29, 0.717) is 18.1 Å². The number of nitrogens with one attached hydrogen (secondary N) is 2. The Kier molecular flexibility index (Phi) is 3.21. The van der Waals surface area contributed by atoms with Crippen molar-refractivity contribution < 1.29 is 14.9 Å². The van der Waals surface area contributed by atoms with Crippen LogP contribution in [0.4, 0.5) is 4.79 Å². The van der Waals surface area contributed by atoms with E-state index in [0.717, 1.165) is 30.6 Å². The van der Waals surface area contributed by atoms with Gasteiger partial charge in [0.1, 0.15) is 0 Å². The molecule has 5 fully saturated rings. The van der Waals surface area contributed by atoms with Crippen molar-refractivity contribution in [2.45, 2.75) is 62.9 Å². The third-order valence-corrected chi connectivity index (χ3v) is 5.97. The molecule has 0 radical (unpaired) electrons. The fourth-order valence-corrected chi connectivity index (χ4v) is 5.36. The highest BCUT2D eigenvalue weighted by Gasteiger charge is 2.53. The average molecular weight is 292 g/mol. The Balaban J connectivity index is 1.28. The Morgan fingerprint density at radius 3 is 2.10 bits per heavy atom. The summed E-state index contributed by atoms with van der Waals surface area (Å²) in [5.41, 5.74) is 0.305. The molecule has 3 amide bonds. The summed E-state index contributed by atoms with van der Waals surface area (Å²) in [4.78, 5) is 23.5. The van der Waals surface area contributed by atoms with Crippen LogP contribution in [-0.2, 0) is 4.79 Å². The van der Waals surface area contributed by atoms with Crippen LogP contribution in [0.1, 0.15) is 51.4 Å². The molecular formula is C16H26N3O2+. The van der Waals surface area contributed by atoms with E-state index in [9.17, 15) is 9.59 Å². The molecule has 0 aromatic heterocycles. The minimum absolute atomic E-state index is 0.149. The van der Waals surface area contributed by atoms with E-state index in [1.807, 2.05) is 0 Å². The molecular weight excluding hydrogens is 266 g/mol. The minimum Gasteiger partial charge on any atom is -0.335 e. The molecule has 0 aliphatic heterocycles. The highest BCUT2D eigenvalue weighted by Crippen LogP contribution is 2.54. The van der Waals surface area contributed by atoms with Crippen molar-refractivity contribution in [1.29, 1.82) is 0 Å². The third-order valence-electron chi connectivity index (χ3n) is 5.97. The Morgan fingerprint density at radius 1 is 1.00 bits per heavy atom. The molecule has 116 valence electrons. The van der Waals surface area contributed by atoms with E-state index in [2.05, 4.69) is 16.0 Å². The monoisotopic (exact) mass is 292 g/mol. The van der Waals surface area contributed by atoms with Gasteiger partial charge in [-0.15, -0.1) is 0 Å². The number of quaternary nitrogens is 1. The molecule has 0 spiro atoms. The number of urea groups is 1. The molecule has 5 nitrogen and oxygen atoms in total. The topological polar surface area (TPSA) is 74.8 Å². The van der Waals surface area contributed by atoms with Crippen molar-refractivity contribution in [1.82, 2.24) is 10.6 Å². The van der Waals surface area contributed by atoms with Crippen molar-refractivity contribution in [2.24, 2.45) is 17.8 Å². The first-order chi connectivity index (χ1) is 10.1. The van der Waals surface area contributed by atoms with Crippen LogP contribution in [0.5, 0.6) is 0 Å². The lowest BCUT2D eigenvalue weighted by Crippen LogP contribution is -3.00. The summed E-state index contributed by atoms with van der Waals surface area (Å²) in [6.45, 7) is 0.393. The summed E-state index contributed by atoms with van der Waals surface area (Å²) >= 11 is 0. The van der Waals surface area contributed by atoms with Gasteiger partial charge in [-0.1, -0.05) is 0 Å². The summed E-state index contributed by atoms with van der Waals surface area (Å²) in [5, 5.41) is 7.50. The molecule has 21 heavy (non-hydrogen) atoms. The van der Waals surface area contributed by atoms with Gasteiger partial charge < -0.3 is 10.6 Å². The van der Waals surface area contributed by atoms with Gasteiger partial charge in [-0.3, -0.25) is 10.1 Å². The van der Waals surface area contributed by atoms with Gasteiger partial charge >= 0.3 is 6.03 Å². The number of carbonyl (C=O) groups is 2. The zero-order valence-electron chi connectivity index (χ0n) is 12.6. The predicted octanol–water partition coefficient (Wildman–Crippen LogP) is 0.507. The first-order valence-corrected chi connectivity index (χ1v) is 8.55. The van der Waals surface area contributed by atoms with Crippen LogP contribution in [0.15, 0.2) is 0 Å². The second-order valence-electron chi connectivity index (χ2n) is 7.98. The Morgan fingerprint density at radius 2 is 1.57 bits per heavy atom. The molecule has 5 rings (SSSR count). The largest absolute Gasteiger partial charge is 0.335 e. The fraction of sp³-hybridized carbons (Fsp3) is 0.875. The second kappa shape index (κ2) is 4.97. The van der Waals surface area contributed by atoms with E-state index in [4.69, 9.17) is 0 Å². The molecule has 5 heteroatoms. The second-order valence-corrected chi connectivity index (χ2v) is 7.98. The van der Waals surface area contributed by atoms with Crippen LogP contribution in [0.25, 0.3) is 0 Å². The lowest BCUT2D eigenvalue weighted by atomic mass is 9.53. The number of imide groups is 1. The first kappa shape index (κ1) is 13.6. The standard InChI is InChI=1S/C16H25N3O2/c20-14(19-15(21)18-13-1-2-13)9-17-16-6-10-3-11(7-16)5-12(4-10)8-16/h10-13,17H,1-9H2,(H2,18,19,20,21)/p+1. The normalized spacial score (nSPS) is 40.1.